The third-order valence-corrected chi connectivity index (χ3v) is 5.73. The number of rotatable bonds is 11. The smallest absolute Gasteiger partial charge is 0.248 e. The molecule has 9 heteroatoms. The van der Waals surface area contributed by atoms with Gasteiger partial charge in [-0.15, -0.1) is 0 Å². The second kappa shape index (κ2) is 12.8. The van der Waals surface area contributed by atoms with E-state index in [0.717, 1.165) is 17.9 Å². The molecule has 1 aliphatic heterocycles. The number of ether oxygens (including phenoxy) is 3. The van der Waals surface area contributed by atoms with Crippen molar-refractivity contribution >= 4 is 5.91 Å². The van der Waals surface area contributed by atoms with Gasteiger partial charge >= 0.3 is 0 Å². The highest BCUT2D eigenvalue weighted by Crippen LogP contribution is 2.22. The molecule has 1 aliphatic rings. The first-order chi connectivity index (χ1) is 16.8. The quantitative estimate of drug-likeness (QED) is 0.517. The van der Waals surface area contributed by atoms with Crippen LogP contribution in [0, 0.1) is 5.82 Å². The molecule has 1 heterocycles. The number of likely N-dealkylation sites (N-methyl/N-ethyl adjacent to an activating group) is 1. The summed E-state index contributed by atoms with van der Waals surface area (Å²) in [6, 6.07) is 13.7. The molecular formula is C26H36FN3O5. The molecule has 1 saturated heterocycles. The Kier molecular flexibility index (Phi) is 9.85. The maximum Gasteiger partial charge on any atom is 0.248 e. The number of carbonyl (C=O) groups is 1. The summed E-state index contributed by atoms with van der Waals surface area (Å²) < 4.78 is 30.2. The molecule has 0 aliphatic carbocycles. The Labute approximate surface area is 206 Å². The molecule has 35 heavy (non-hydrogen) atoms. The van der Waals surface area contributed by atoms with E-state index in [1.807, 2.05) is 38.4 Å². The Balaban J connectivity index is 1.71. The molecule has 0 saturated carbocycles. The summed E-state index contributed by atoms with van der Waals surface area (Å²) >= 11 is 0. The molecule has 2 aromatic carbocycles. The molecule has 1 amide bonds. The molecule has 3 rings (SSSR count). The maximum absolute atomic E-state index is 13.6. The van der Waals surface area contributed by atoms with Gasteiger partial charge in [0.15, 0.2) is 0 Å². The van der Waals surface area contributed by atoms with Gasteiger partial charge in [-0.3, -0.25) is 9.69 Å². The van der Waals surface area contributed by atoms with Crippen LogP contribution in [0.25, 0.3) is 0 Å². The Hall–Kier alpha value is -2.72. The fraction of sp³-hybridized carbons (Fsp3) is 0.500. The first-order valence-electron chi connectivity index (χ1n) is 11.7. The molecule has 2 aromatic rings. The van der Waals surface area contributed by atoms with Gasteiger partial charge in [-0.25, -0.2) is 4.39 Å². The summed E-state index contributed by atoms with van der Waals surface area (Å²) in [5, 5.41) is 11.5. The van der Waals surface area contributed by atoms with Crippen molar-refractivity contribution in [2.24, 2.45) is 0 Å². The molecule has 0 aromatic heterocycles. The number of halogens is 1. The van der Waals surface area contributed by atoms with Crippen LogP contribution in [-0.2, 0) is 16.1 Å². The fourth-order valence-electron chi connectivity index (χ4n) is 4.01. The molecule has 1 N–H and O–H groups in total. The predicted molar refractivity (Wildman–Crippen MR) is 131 cm³/mol. The Morgan fingerprint density at radius 2 is 1.83 bits per heavy atom. The van der Waals surface area contributed by atoms with E-state index in [4.69, 9.17) is 14.2 Å². The van der Waals surface area contributed by atoms with E-state index in [9.17, 15) is 14.3 Å². The van der Waals surface area contributed by atoms with E-state index in [2.05, 4.69) is 9.80 Å². The average Bonchev–Trinajstić information content (AvgIpc) is 2.97. The molecule has 1 fully saturated rings. The van der Waals surface area contributed by atoms with Crippen LogP contribution in [-0.4, -0.2) is 105 Å². The van der Waals surface area contributed by atoms with Gasteiger partial charge in [-0.2, -0.15) is 0 Å². The molecule has 0 radical (unpaired) electrons. The molecular weight excluding hydrogens is 453 g/mol. The van der Waals surface area contributed by atoms with E-state index in [1.54, 1.807) is 17.0 Å². The number of aliphatic hydroxyl groups is 1. The van der Waals surface area contributed by atoms with Crippen LogP contribution in [0.1, 0.15) is 5.56 Å². The molecule has 1 atom stereocenters. The number of hydrogen-bond acceptors (Lipinski definition) is 7. The lowest BCUT2D eigenvalue weighted by atomic mass is 10.0. The number of benzene rings is 2. The predicted octanol–water partition coefficient (Wildman–Crippen LogP) is 1.87. The number of methoxy groups -OCH3 is 1. The topological polar surface area (TPSA) is 74.7 Å². The molecule has 0 bridgehead atoms. The van der Waals surface area contributed by atoms with Crippen LogP contribution < -0.4 is 9.47 Å². The number of amides is 1. The summed E-state index contributed by atoms with van der Waals surface area (Å²) in [4.78, 5) is 18.3. The van der Waals surface area contributed by atoms with Crippen molar-refractivity contribution in [3.63, 3.8) is 0 Å². The van der Waals surface area contributed by atoms with Crippen LogP contribution in [0.4, 0.5) is 4.39 Å². The highest BCUT2D eigenvalue weighted by molar-refractivity contribution is 5.77. The Morgan fingerprint density at radius 3 is 2.54 bits per heavy atom. The van der Waals surface area contributed by atoms with Crippen LogP contribution >= 0.6 is 0 Å². The van der Waals surface area contributed by atoms with E-state index >= 15 is 0 Å². The van der Waals surface area contributed by atoms with Crippen molar-refractivity contribution < 1.29 is 28.5 Å². The number of carbonyl (C=O) groups excluding carboxylic acids is 1. The summed E-state index contributed by atoms with van der Waals surface area (Å²) in [5.74, 6) is 0.503. The van der Waals surface area contributed by atoms with Gasteiger partial charge in [-0.05, 0) is 43.9 Å². The van der Waals surface area contributed by atoms with Gasteiger partial charge < -0.3 is 29.1 Å². The molecule has 0 unspecified atom stereocenters. The van der Waals surface area contributed by atoms with Crippen molar-refractivity contribution in [3.8, 4) is 11.5 Å². The number of hydrogen-bond donors (Lipinski definition) is 1. The maximum atomic E-state index is 13.6. The molecule has 8 nitrogen and oxygen atoms in total. The van der Waals surface area contributed by atoms with Gasteiger partial charge in [0.25, 0.3) is 0 Å². The minimum Gasteiger partial charge on any atom is -0.492 e. The van der Waals surface area contributed by atoms with E-state index in [-0.39, 0.29) is 32.2 Å². The fourth-order valence-corrected chi connectivity index (χ4v) is 4.01. The zero-order chi connectivity index (χ0) is 25.3. The second-order valence-corrected chi connectivity index (χ2v) is 9.23. The van der Waals surface area contributed by atoms with Crippen molar-refractivity contribution in [3.05, 3.63) is 59.9 Å². The van der Waals surface area contributed by atoms with Gasteiger partial charge in [-0.1, -0.05) is 18.2 Å². The van der Waals surface area contributed by atoms with Crippen LogP contribution in [0.5, 0.6) is 11.5 Å². The summed E-state index contributed by atoms with van der Waals surface area (Å²) in [5.41, 5.74) is -0.316. The Bertz CT molecular complexity index is 960. The molecule has 0 spiro atoms. The van der Waals surface area contributed by atoms with Crippen molar-refractivity contribution in [1.82, 2.24) is 14.7 Å². The second-order valence-electron chi connectivity index (χ2n) is 9.23. The molecule has 192 valence electrons. The zero-order valence-electron chi connectivity index (χ0n) is 20.8. The van der Waals surface area contributed by atoms with Crippen molar-refractivity contribution in [1.29, 1.82) is 0 Å². The SMILES string of the molecule is COCC(=O)N1CCN(Cc2cccc(OCCN(C)C)c2)C[C@](O)(COc2cccc(F)c2)C1. The third-order valence-electron chi connectivity index (χ3n) is 5.73. The minimum absolute atomic E-state index is 0.0623. The van der Waals surface area contributed by atoms with Gasteiger partial charge in [0.1, 0.15) is 42.7 Å². The lowest BCUT2D eigenvalue weighted by Gasteiger charge is -2.33. The van der Waals surface area contributed by atoms with Crippen LogP contribution in [0.3, 0.4) is 0 Å². The average molecular weight is 490 g/mol. The third kappa shape index (κ3) is 8.78. The summed E-state index contributed by atoms with van der Waals surface area (Å²) in [6.45, 7) is 3.23. The lowest BCUT2D eigenvalue weighted by Crippen LogP contribution is -2.52. The highest BCUT2D eigenvalue weighted by Gasteiger charge is 2.37. The van der Waals surface area contributed by atoms with Crippen molar-refractivity contribution in [2.45, 2.75) is 12.1 Å². The monoisotopic (exact) mass is 489 g/mol. The zero-order valence-corrected chi connectivity index (χ0v) is 20.8. The van der Waals surface area contributed by atoms with Crippen LogP contribution in [0.2, 0.25) is 0 Å². The van der Waals surface area contributed by atoms with Gasteiger partial charge in [0.05, 0.1) is 6.54 Å². The lowest BCUT2D eigenvalue weighted by molar-refractivity contribution is -0.138. The van der Waals surface area contributed by atoms with Gasteiger partial charge in [0, 0.05) is 45.9 Å². The van der Waals surface area contributed by atoms with E-state index in [0.29, 0.717) is 32.0 Å². The first-order valence-corrected chi connectivity index (χ1v) is 11.7. The van der Waals surface area contributed by atoms with E-state index in [1.165, 1.54) is 19.2 Å². The summed E-state index contributed by atoms with van der Waals surface area (Å²) in [7, 11) is 5.47. The number of β-amino-alcohol motifs (C(OH)–C–C–N with tert-alkyl or cyclic N) is 1. The minimum atomic E-state index is -1.36. The largest absolute Gasteiger partial charge is 0.492 e. The first kappa shape index (κ1) is 26.9. The Morgan fingerprint density at radius 1 is 1.09 bits per heavy atom. The normalized spacial score (nSPS) is 19.0. The standard InChI is InChI=1S/C26H36FN3O5/c1-28(2)12-13-34-23-8-4-6-21(14-23)16-29-10-11-30(25(31)17-33-3)19-26(32,18-29)20-35-24-9-5-7-22(27)15-24/h4-9,14-15,32H,10-13,16-20H2,1-3H3/t26-/m1/s1. The van der Waals surface area contributed by atoms with E-state index < -0.39 is 11.4 Å². The number of nitrogens with zero attached hydrogens (tertiary/aromatic N) is 3. The van der Waals surface area contributed by atoms with Crippen LogP contribution in [0.15, 0.2) is 48.5 Å². The summed E-state index contributed by atoms with van der Waals surface area (Å²) in [6.07, 6.45) is 0. The van der Waals surface area contributed by atoms with Gasteiger partial charge in [0.2, 0.25) is 5.91 Å². The van der Waals surface area contributed by atoms with Crippen molar-refractivity contribution in [2.75, 3.05) is 73.7 Å². The highest BCUT2D eigenvalue weighted by atomic mass is 19.1.